The Morgan fingerprint density at radius 3 is 1.85 bits per heavy atom. The van der Waals surface area contributed by atoms with Crippen LogP contribution in [0, 0.1) is 0 Å². The summed E-state index contributed by atoms with van der Waals surface area (Å²) in [4.78, 5) is 0. The summed E-state index contributed by atoms with van der Waals surface area (Å²) in [5, 5.41) is 0. The summed E-state index contributed by atoms with van der Waals surface area (Å²) in [6.07, 6.45) is -2.03. The fourth-order valence-corrected chi connectivity index (χ4v) is 0.416. The van der Waals surface area contributed by atoms with E-state index in [2.05, 4.69) is 13.2 Å². The molecule has 0 spiro atoms. The summed E-state index contributed by atoms with van der Waals surface area (Å²) in [7, 11) is 0. The van der Waals surface area contributed by atoms with Gasteiger partial charge < -0.3 is 0 Å². The van der Waals surface area contributed by atoms with Crippen molar-refractivity contribution in [2.75, 3.05) is 0 Å². The topological polar surface area (TPSA) is 0 Å². The molecule has 13 heavy (non-hydrogen) atoms. The third-order valence-electron chi connectivity index (χ3n) is 1.09. The minimum atomic E-state index is -4.33. The second kappa shape index (κ2) is 6.52. The van der Waals surface area contributed by atoms with Crippen molar-refractivity contribution in [2.24, 2.45) is 0 Å². The van der Waals surface area contributed by atoms with Gasteiger partial charge in [-0.15, -0.1) is 0 Å². The second-order valence-corrected chi connectivity index (χ2v) is 2.12. The van der Waals surface area contributed by atoms with E-state index in [0.717, 1.165) is 6.08 Å². The number of alkyl halides is 3. The van der Waals surface area contributed by atoms with Gasteiger partial charge in [0.05, 0.1) is 0 Å². The zero-order valence-corrected chi connectivity index (χ0v) is 8.20. The van der Waals surface area contributed by atoms with E-state index in [1.54, 1.807) is 0 Å². The number of allylic oxidation sites excluding steroid dienone is 4. The highest BCUT2D eigenvalue weighted by Gasteiger charge is 2.29. The third-order valence-corrected chi connectivity index (χ3v) is 1.09. The molecule has 3 heteroatoms. The van der Waals surface area contributed by atoms with Gasteiger partial charge in [-0.1, -0.05) is 38.7 Å². The lowest BCUT2D eigenvalue weighted by Crippen LogP contribution is -2.08. The molecule has 0 radical (unpaired) electrons. The Labute approximate surface area is 77.5 Å². The standard InChI is InChI=1S/C8H9F3.C2H6/c1-4-6(2)5-7(3)8(9,10)11;1-2/h4-5H,1,3H2,2H3;1-2H3/b6-5-;. The normalized spacial score (nSPS) is 11.4. The first-order chi connectivity index (χ1) is 5.88. The van der Waals surface area contributed by atoms with Crippen molar-refractivity contribution in [2.45, 2.75) is 26.9 Å². The van der Waals surface area contributed by atoms with Gasteiger partial charge in [-0.25, -0.2) is 0 Å². The third kappa shape index (κ3) is 7.37. The van der Waals surface area contributed by atoms with E-state index in [1.165, 1.54) is 13.0 Å². The highest BCUT2D eigenvalue weighted by molar-refractivity contribution is 5.28. The minimum absolute atomic E-state index is 0.451. The smallest absolute Gasteiger partial charge is 0.166 e. The number of rotatable bonds is 2. The predicted octanol–water partition coefficient (Wildman–Crippen LogP) is 4.26. The SMILES string of the molecule is C=C/C(C)=C\C(=C)C(F)(F)F.CC. The van der Waals surface area contributed by atoms with Crippen LogP contribution in [0.3, 0.4) is 0 Å². The van der Waals surface area contributed by atoms with Crippen molar-refractivity contribution in [3.05, 3.63) is 36.5 Å². The zero-order valence-electron chi connectivity index (χ0n) is 8.20. The zero-order chi connectivity index (χ0) is 11.1. The molecule has 0 aliphatic heterocycles. The Balaban J connectivity index is 0. The lowest BCUT2D eigenvalue weighted by Gasteiger charge is -2.05. The van der Waals surface area contributed by atoms with Crippen LogP contribution in [0.25, 0.3) is 0 Å². The summed E-state index contributed by atoms with van der Waals surface area (Å²) >= 11 is 0. The fraction of sp³-hybridized carbons (Fsp3) is 0.400. The van der Waals surface area contributed by atoms with Gasteiger partial charge in [0, 0.05) is 5.57 Å². The monoisotopic (exact) mass is 192 g/mol. The number of hydrogen-bond acceptors (Lipinski definition) is 0. The van der Waals surface area contributed by atoms with Crippen molar-refractivity contribution >= 4 is 0 Å². The summed E-state index contributed by atoms with van der Waals surface area (Å²) in [5.74, 6) is 0. The Bertz CT molecular complexity index is 197. The van der Waals surface area contributed by atoms with Gasteiger partial charge in [0.25, 0.3) is 0 Å². The van der Waals surface area contributed by atoms with Gasteiger partial charge >= 0.3 is 6.18 Å². The molecule has 0 fully saturated rings. The Hall–Kier alpha value is -0.990. The molecule has 76 valence electrons. The van der Waals surface area contributed by atoms with E-state index >= 15 is 0 Å². The van der Waals surface area contributed by atoms with E-state index in [4.69, 9.17) is 0 Å². The molecule has 0 saturated heterocycles. The Kier molecular flexibility index (Phi) is 7.28. The maximum absolute atomic E-state index is 11.8. The van der Waals surface area contributed by atoms with E-state index < -0.39 is 11.7 Å². The highest BCUT2D eigenvalue weighted by atomic mass is 19.4. The molecule has 0 aliphatic carbocycles. The van der Waals surface area contributed by atoms with E-state index in [9.17, 15) is 13.2 Å². The molecule has 0 nitrogen and oxygen atoms in total. The van der Waals surface area contributed by atoms with Crippen LogP contribution in [0.4, 0.5) is 13.2 Å². The summed E-state index contributed by atoms with van der Waals surface area (Å²) in [6, 6.07) is 0. The van der Waals surface area contributed by atoms with Crippen LogP contribution in [0.1, 0.15) is 20.8 Å². The Morgan fingerprint density at radius 2 is 1.62 bits per heavy atom. The van der Waals surface area contributed by atoms with Crippen LogP contribution in [0.15, 0.2) is 36.5 Å². The van der Waals surface area contributed by atoms with Gasteiger partial charge in [-0.05, 0) is 13.0 Å². The first-order valence-corrected chi connectivity index (χ1v) is 3.94. The van der Waals surface area contributed by atoms with Gasteiger partial charge in [0.2, 0.25) is 0 Å². The average molecular weight is 192 g/mol. The van der Waals surface area contributed by atoms with Gasteiger partial charge in [0.15, 0.2) is 0 Å². The van der Waals surface area contributed by atoms with Crippen LogP contribution >= 0.6 is 0 Å². The van der Waals surface area contributed by atoms with Gasteiger partial charge in [-0.3, -0.25) is 0 Å². The Morgan fingerprint density at radius 1 is 1.23 bits per heavy atom. The van der Waals surface area contributed by atoms with Crippen LogP contribution in [-0.2, 0) is 0 Å². The molecule has 0 N–H and O–H groups in total. The van der Waals surface area contributed by atoms with Crippen LogP contribution in [0.5, 0.6) is 0 Å². The van der Waals surface area contributed by atoms with Crippen LogP contribution in [0.2, 0.25) is 0 Å². The maximum atomic E-state index is 11.8. The number of hydrogen-bond donors (Lipinski definition) is 0. The van der Waals surface area contributed by atoms with E-state index in [-0.39, 0.29) is 0 Å². The van der Waals surface area contributed by atoms with E-state index in [0.29, 0.717) is 5.57 Å². The predicted molar refractivity (Wildman–Crippen MR) is 50.5 cm³/mol. The molecular formula is C10H15F3. The molecule has 0 saturated carbocycles. The fourth-order valence-electron chi connectivity index (χ4n) is 0.416. The van der Waals surface area contributed by atoms with Gasteiger partial charge in [-0.2, -0.15) is 13.2 Å². The quantitative estimate of drug-likeness (QED) is 0.573. The van der Waals surface area contributed by atoms with Crippen LogP contribution < -0.4 is 0 Å². The highest BCUT2D eigenvalue weighted by Crippen LogP contribution is 2.25. The minimum Gasteiger partial charge on any atom is -0.166 e. The lowest BCUT2D eigenvalue weighted by atomic mass is 10.2. The molecule has 0 rings (SSSR count). The van der Waals surface area contributed by atoms with Gasteiger partial charge in [0.1, 0.15) is 0 Å². The van der Waals surface area contributed by atoms with Crippen molar-refractivity contribution < 1.29 is 13.2 Å². The summed E-state index contributed by atoms with van der Waals surface area (Å²) < 4.78 is 35.3. The molecule has 0 aliphatic rings. The van der Waals surface area contributed by atoms with Crippen molar-refractivity contribution in [1.29, 1.82) is 0 Å². The van der Waals surface area contributed by atoms with Crippen molar-refractivity contribution in [3.8, 4) is 0 Å². The molecule has 0 heterocycles. The molecule has 0 aromatic rings. The largest absolute Gasteiger partial charge is 0.415 e. The summed E-state index contributed by atoms with van der Waals surface area (Å²) in [6.45, 7) is 11.7. The van der Waals surface area contributed by atoms with Crippen molar-refractivity contribution in [1.82, 2.24) is 0 Å². The molecule has 0 bridgehead atoms. The molecule has 0 unspecified atom stereocenters. The molecule has 0 aromatic heterocycles. The van der Waals surface area contributed by atoms with Crippen LogP contribution in [-0.4, -0.2) is 6.18 Å². The first-order valence-electron chi connectivity index (χ1n) is 3.94. The lowest BCUT2D eigenvalue weighted by molar-refractivity contribution is -0.0878. The molecule has 0 atom stereocenters. The second-order valence-electron chi connectivity index (χ2n) is 2.12. The molecule has 0 amide bonds. The van der Waals surface area contributed by atoms with Crippen molar-refractivity contribution in [3.63, 3.8) is 0 Å². The molecule has 0 aromatic carbocycles. The molecular weight excluding hydrogens is 177 g/mol. The average Bonchev–Trinajstić information content (AvgIpc) is 2.06. The maximum Gasteiger partial charge on any atom is 0.415 e. The summed E-state index contributed by atoms with van der Waals surface area (Å²) in [5.41, 5.74) is -0.401. The van der Waals surface area contributed by atoms with E-state index in [1.807, 2.05) is 13.8 Å². The first kappa shape index (κ1) is 14.5. The number of halogens is 3.